The summed E-state index contributed by atoms with van der Waals surface area (Å²) in [5.74, 6) is -14.8. The molecule has 0 radical (unpaired) electrons. The van der Waals surface area contributed by atoms with Gasteiger partial charge < -0.3 is 50.2 Å². The fourth-order valence-electron chi connectivity index (χ4n) is 6.07. The number of ether oxygens (including phenoxy) is 5. The Balaban J connectivity index is 2.62. The summed E-state index contributed by atoms with van der Waals surface area (Å²) >= 11 is 0. The van der Waals surface area contributed by atoms with E-state index in [4.69, 9.17) is 24.7 Å². The van der Waals surface area contributed by atoms with Gasteiger partial charge in [-0.15, -0.1) is 0 Å². The molecule has 5 N–H and O–H groups in total. The molecule has 350 valence electrons. The van der Waals surface area contributed by atoms with Gasteiger partial charge in [-0.05, 0) is 45.4 Å². The van der Waals surface area contributed by atoms with Gasteiger partial charge in [-0.2, -0.15) is 8.78 Å². The van der Waals surface area contributed by atoms with Crippen molar-refractivity contribution < 1.29 is 69.6 Å². The standard InChI is InChI=1S/C42H67F5N4O10/c1-3-23-57-27-29-59-25-21-49-32(53)15-18-42(17-14-31(2)52,19-16-33(54)50-22-26-60-30-28-58-24-20-48)51-34(55)12-10-8-6-4-5-7-9-11-13-35(56)61-41-39(46)37(44)36(43)38(45)40(41)47/h3-30,48H2,1-2H3,(H,49,53)(H,50,54)(H,51,55). The zero-order chi connectivity index (χ0) is 45.3. The van der Waals surface area contributed by atoms with E-state index in [1.54, 1.807) is 0 Å². The highest BCUT2D eigenvalue weighted by Gasteiger charge is 2.33. The molecule has 0 saturated heterocycles. The summed E-state index contributed by atoms with van der Waals surface area (Å²) in [6, 6.07) is 0. The van der Waals surface area contributed by atoms with Gasteiger partial charge in [0.05, 0.1) is 46.2 Å². The SMILES string of the molecule is CCCOCCOCCNC(=O)CCC(CCC(C)=O)(CCC(=O)NCCOCCOCCN)NC(=O)CCCCCCCCCCC(=O)Oc1c(F)c(F)c(F)c(F)c1F. The molecule has 0 aliphatic rings. The van der Waals surface area contributed by atoms with E-state index in [2.05, 4.69) is 20.7 Å². The predicted octanol–water partition coefficient (Wildman–Crippen LogP) is 5.64. The Labute approximate surface area is 356 Å². The molecule has 0 aliphatic heterocycles. The molecule has 1 aromatic rings. The van der Waals surface area contributed by atoms with Gasteiger partial charge in [-0.25, -0.2) is 13.2 Å². The lowest BCUT2D eigenvalue weighted by molar-refractivity contribution is -0.135. The molecular formula is C42H67F5N4O10. The summed E-state index contributed by atoms with van der Waals surface area (Å²) in [5.41, 5.74) is 4.39. The fourth-order valence-corrected chi connectivity index (χ4v) is 6.07. The van der Waals surface area contributed by atoms with E-state index in [0.717, 1.165) is 32.1 Å². The maximum absolute atomic E-state index is 13.8. The molecule has 19 heteroatoms. The molecule has 1 rings (SSSR count). The van der Waals surface area contributed by atoms with Crippen LogP contribution < -0.4 is 26.4 Å². The van der Waals surface area contributed by atoms with Crippen molar-refractivity contribution in [2.24, 2.45) is 5.73 Å². The second-order valence-electron chi connectivity index (χ2n) is 14.7. The third kappa shape index (κ3) is 25.7. The highest BCUT2D eigenvalue weighted by molar-refractivity contribution is 5.80. The monoisotopic (exact) mass is 882 g/mol. The third-order valence-electron chi connectivity index (χ3n) is 9.43. The number of rotatable bonds is 38. The van der Waals surface area contributed by atoms with Crippen molar-refractivity contribution >= 4 is 29.5 Å². The van der Waals surface area contributed by atoms with Gasteiger partial charge in [0.1, 0.15) is 5.78 Å². The molecule has 1 atom stereocenters. The maximum Gasteiger partial charge on any atom is 0.311 e. The normalized spacial score (nSPS) is 12.2. The van der Waals surface area contributed by atoms with Crippen molar-refractivity contribution in [3.63, 3.8) is 0 Å². The first-order valence-electron chi connectivity index (χ1n) is 21.3. The Kier molecular flexibility index (Phi) is 30.6. The Hall–Kier alpha value is -3.78. The summed E-state index contributed by atoms with van der Waals surface area (Å²) in [5, 5.41) is 8.71. The van der Waals surface area contributed by atoms with E-state index in [9.17, 15) is 45.9 Å². The first-order valence-corrected chi connectivity index (χ1v) is 21.3. The number of hydrogen-bond acceptors (Lipinski definition) is 11. The molecule has 0 aliphatic carbocycles. The van der Waals surface area contributed by atoms with Gasteiger partial charge in [0.25, 0.3) is 0 Å². The largest absolute Gasteiger partial charge is 0.420 e. The quantitative estimate of drug-likeness (QED) is 0.0160. The number of ketones is 1. The van der Waals surface area contributed by atoms with Gasteiger partial charge in [0.2, 0.25) is 52.6 Å². The van der Waals surface area contributed by atoms with Crippen LogP contribution in [-0.2, 0) is 42.9 Å². The Morgan fingerprint density at radius 2 is 0.951 bits per heavy atom. The number of amides is 3. The molecule has 0 saturated carbocycles. The van der Waals surface area contributed by atoms with Crippen molar-refractivity contribution in [3.8, 4) is 5.75 Å². The second-order valence-corrected chi connectivity index (χ2v) is 14.7. The Bertz CT molecular complexity index is 1390. The first-order chi connectivity index (χ1) is 29.3. The van der Waals surface area contributed by atoms with Crippen LogP contribution in [0.1, 0.15) is 123 Å². The van der Waals surface area contributed by atoms with Crippen molar-refractivity contribution in [2.75, 3.05) is 72.5 Å². The third-order valence-corrected chi connectivity index (χ3v) is 9.43. The number of carbonyl (C=O) groups excluding carboxylic acids is 5. The number of Topliss-reactive ketones (excluding diaryl/α,β-unsaturated/α-hetero) is 1. The average Bonchev–Trinajstić information content (AvgIpc) is 3.23. The molecule has 0 spiro atoms. The molecule has 0 heterocycles. The summed E-state index contributed by atoms with van der Waals surface area (Å²) in [6.45, 7) is 7.68. The number of halogens is 5. The van der Waals surface area contributed by atoms with E-state index in [1.807, 2.05) is 6.92 Å². The summed E-state index contributed by atoms with van der Waals surface area (Å²) < 4.78 is 93.4. The van der Waals surface area contributed by atoms with Crippen molar-refractivity contribution in [3.05, 3.63) is 29.1 Å². The van der Waals surface area contributed by atoms with Crippen LogP contribution in [0.15, 0.2) is 0 Å². The maximum atomic E-state index is 13.8. The average molecular weight is 883 g/mol. The highest BCUT2D eigenvalue weighted by atomic mass is 19.2. The van der Waals surface area contributed by atoms with Crippen LogP contribution in [-0.4, -0.2) is 108 Å². The summed E-state index contributed by atoms with van der Waals surface area (Å²) in [4.78, 5) is 63.1. The number of nitrogens with one attached hydrogen (secondary N) is 3. The van der Waals surface area contributed by atoms with Crippen LogP contribution >= 0.6 is 0 Å². The minimum absolute atomic E-state index is 0.0415. The van der Waals surface area contributed by atoms with Gasteiger partial charge in [0, 0.05) is 63.9 Å². The van der Waals surface area contributed by atoms with Crippen LogP contribution in [0, 0.1) is 29.1 Å². The van der Waals surface area contributed by atoms with E-state index >= 15 is 0 Å². The van der Waals surface area contributed by atoms with Crippen molar-refractivity contribution in [2.45, 2.75) is 129 Å². The highest BCUT2D eigenvalue weighted by Crippen LogP contribution is 2.30. The molecule has 61 heavy (non-hydrogen) atoms. The number of nitrogens with two attached hydrogens (primary N) is 1. The molecule has 1 unspecified atom stereocenters. The zero-order valence-corrected chi connectivity index (χ0v) is 35.8. The summed E-state index contributed by atoms with van der Waals surface area (Å²) in [6.07, 6.45) is 7.02. The van der Waals surface area contributed by atoms with E-state index in [0.29, 0.717) is 72.1 Å². The van der Waals surface area contributed by atoms with Gasteiger partial charge in [-0.1, -0.05) is 45.4 Å². The number of esters is 1. The number of carbonyl (C=O) groups is 5. The molecule has 14 nitrogen and oxygen atoms in total. The van der Waals surface area contributed by atoms with Crippen LogP contribution in [0.25, 0.3) is 0 Å². The van der Waals surface area contributed by atoms with Crippen LogP contribution in [0.3, 0.4) is 0 Å². The lowest BCUT2D eigenvalue weighted by Gasteiger charge is -2.35. The lowest BCUT2D eigenvalue weighted by atomic mass is 9.82. The van der Waals surface area contributed by atoms with Crippen molar-refractivity contribution in [1.29, 1.82) is 0 Å². The number of benzene rings is 1. The second kappa shape index (κ2) is 33.8. The molecule has 0 aromatic heterocycles. The van der Waals surface area contributed by atoms with Crippen molar-refractivity contribution in [1.82, 2.24) is 16.0 Å². The topological polar surface area (TPSA) is 194 Å². The molecule has 3 amide bonds. The Morgan fingerprint density at radius 3 is 1.43 bits per heavy atom. The number of hydrogen-bond donors (Lipinski definition) is 4. The first kappa shape index (κ1) is 55.2. The zero-order valence-electron chi connectivity index (χ0n) is 35.8. The van der Waals surface area contributed by atoms with E-state index in [-0.39, 0.29) is 101 Å². The van der Waals surface area contributed by atoms with Crippen LogP contribution in [0.4, 0.5) is 22.0 Å². The van der Waals surface area contributed by atoms with Crippen LogP contribution in [0.2, 0.25) is 0 Å². The van der Waals surface area contributed by atoms with Gasteiger partial charge >= 0.3 is 5.97 Å². The smallest absolute Gasteiger partial charge is 0.311 e. The predicted molar refractivity (Wildman–Crippen MR) is 216 cm³/mol. The molecule has 0 bridgehead atoms. The summed E-state index contributed by atoms with van der Waals surface area (Å²) in [7, 11) is 0. The Morgan fingerprint density at radius 1 is 0.525 bits per heavy atom. The minimum atomic E-state index is -2.34. The van der Waals surface area contributed by atoms with Crippen LogP contribution in [0.5, 0.6) is 5.75 Å². The molecule has 0 fully saturated rings. The van der Waals surface area contributed by atoms with E-state index < -0.39 is 46.3 Å². The van der Waals surface area contributed by atoms with Gasteiger partial charge in [-0.3, -0.25) is 19.2 Å². The minimum Gasteiger partial charge on any atom is -0.420 e. The van der Waals surface area contributed by atoms with Gasteiger partial charge in [0.15, 0.2) is 0 Å². The molecular weight excluding hydrogens is 815 g/mol. The fraction of sp³-hybridized carbons (Fsp3) is 0.738. The number of unbranched alkanes of at least 4 members (excludes halogenated alkanes) is 7. The van der Waals surface area contributed by atoms with E-state index in [1.165, 1.54) is 6.92 Å². The molecule has 1 aromatic carbocycles. The lowest BCUT2D eigenvalue weighted by Crippen LogP contribution is -2.50.